The smallest absolute Gasteiger partial charge is 0.255 e. The van der Waals surface area contributed by atoms with Crippen molar-refractivity contribution in [2.75, 3.05) is 31.1 Å². The van der Waals surface area contributed by atoms with Crippen molar-refractivity contribution in [3.05, 3.63) is 52.7 Å². The lowest BCUT2D eigenvalue weighted by Crippen LogP contribution is -2.49. The Morgan fingerprint density at radius 3 is 2.60 bits per heavy atom. The van der Waals surface area contributed by atoms with Crippen LogP contribution in [-0.2, 0) is 0 Å². The number of aromatic nitrogens is 2. The summed E-state index contributed by atoms with van der Waals surface area (Å²) in [7, 11) is 0. The molecule has 130 valence electrons. The number of benzene rings is 1. The largest absolute Gasteiger partial charge is 0.353 e. The van der Waals surface area contributed by atoms with Gasteiger partial charge in [-0.25, -0.2) is 14.4 Å². The van der Waals surface area contributed by atoms with Gasteiger partial charge in [0.1, 0.15) is 17.5 Å². The molecule has 2 heterocycles. The highest BCUT2D eigenvalue weighted by molar-refractivity contribution is 6.33. The van der Waals surface area contributed by atoms with Gasteiger partial charge in [0.05, 0.1) is 10.6 Å². The van der Waals surface area contributed by atoms with Gasteiger partial charge < -0.3 is 9.80 Å². The van der Waals surface area contributed by atoms with Crippen LogP contribution in [0.5, 0.6) is 0 Å². The maximum absolute atomic E-state index is 13.2. The van der Waals surface area contributed by atoms with Gasteiger partial charge in [-0.15, -0.1) is 0 Å². The van der Waals surface area contributed by atoms with E-state index in [9.17, 15) is 9.18 Å². The molecule has 2 fully saturated rings. The van der Waals surface area contributed by atoms with Gasteiger partial charge in [-0.05, 0) is 37.1 Å². The molecule has 0 unspecified atom stereocenters. The van der Waals surface area contributed by atoms with Crippen molar-refractivity contribution in [2.45, 2.75) is 18.8 Å². The molecule has 2 aromatic rings. The van der Waals surface area contributed by atoms with Crippen LogP contribution in [0.3, 0.4) is 0 Å². The molecule has 5 nitrogen and oxygen atoms in total. The van der Waals surface area contributed by atoms with Crippen LogP contribution in [0.1, 0.15) is 34.9 Å². The summed E-state index contributed by atoms with van der Waals surface area (Å²) in [4.78, 5) is 25.5. The molecule has 0 N–H and O–H groups in total. The number of carbonyl (C=O) groups is 1. The Morgan fingerprint density at radius 2 is 1.92 bits per heavy atom. The number of anilines is 1. The summed E-state index contributed by atoms with van der Waals surface area (Å²) in [5.41, 5.74) is 0.342. The van der Waals surface area contributed by atoms with Crippen molar-refractivity contribution < 1.29 is 9.18 Å². The van der Waals surface area contributed by atoms with Crippen LogP contribution in [0.2, 0.25) is 5.02 Å². The minimum Gasteiger partial charge on any atom is -0.353 e. The second-order valence-corrected chi connectivity index (χ2v) is 6.86. The molecule has 1 amide bonds. The highest BCUT2D eigenvalue weighted by atomic mass is 35.5. The quantitative estimate of drug-likeness (QED) is 0.844. The molecule has 25 heavy (non-hydrogen) atoms. The minimum atomic E-state index is -0.443. The highest BCUT2D eigenvalue weighted by Crippen LogP contribution is 2.38. The van der Waals surface area contributed by atoms with Crippen LogP contribution in [0.25, 0.3) is 0 Å². The fourth-order valence-corrected chi connectivity index (χ4v) is 3.30. The first-order chi connectivity index (χ1) is 12.1. The zero-order chi connectivity index (χ0) is 17.4. The first-order valence-corrected chi connectivity index (χ1v) is 8.82. The molecule has 1 saturated carbocycles. The number of amides is 1. The van der Waals surface area contributed by atoms with Crippen molar-refractivity contribution in [2.24, 2.45) is 0 Å². The SMILES string of the molecule is O=C(c1ccc(F)cc1Cl)N1CCN(c2ccnc(C3CC3)n2)CC1. The third-order valence-corrected chi connectivity index (χ3v) is 4.97. The average Bonchev–Trinajstić information content (AvgIpc) is 3.47. The first-order valence-electron chi connectivity index (χ1n) is 8.44. The first kappa shape index (κ1) is 16.3. The topological polar surface area (TPSA) is 49.3 Å². The molecule has 4 rings (SSSR count). The summed E-state index contributed by atoms with van der Waals surface area (Å²) in [6.07, 6.45) is 4.15. The molecule has 2 aliphatic rings. The predicted octanol–water partition coefficient (Wildman–Crippen LogP) is 3.11. The number of hydrogen-bond donors (Lipinski definition) is 0. The lowest BCUT2D eigenvalue weighted by atomic mass is 10.1. The number of hydrogen-bond acceptors (Lipinski definition) is 4. The van der Waals surface area contributed by atoms with Gasteiger partial charge in [0.25, 0.3) is 5.91 Å². The molecule has 0 radical (unpaired) electrons. The van der Waals surface area contributed by atoms with Crippen LogP contribution in [0, 0.1) is 5.82 Å². The molecular weight excluding hydrogens is 343 g/mol. The van der Waals surface area contributed by atoms with Crippen LogP contribution in [0.15, 0.2) is 30.5 Å². The molecule has 1 saturated heterocycles. The second-order valence-electron chi connectivity index (χ2n) is 6.45. The lowest BCUT2D eigenvalue weighted by molar-refractivity contribution is 0.0746. The van der Waals surface area contributed by atoms with E-state index in [1.165, 1.54) is 31.0 Å². The average molecular weight is 361 g/mol. The van der Waals surface area contributed by atoms with E-state index in [0.29, 0.717) is 37.7 Å². The fourth-order valence-electron chi connectivity index (χ4n) is 3.05. The van der Waals surface area contributed by atoms with Gasteiger partial charge in [0.15, 0.2) is 0 Å². The van der Waals surface area contributed by atoms with Crippen LogP contribution in [-0.4, -0.2) is 47.0 Å². The maximum atomic E-state index is 13.2. The summed E-state index contributed by atoms with van der Waals surface area (Å²) in [5.74, 6) is 1.76. The van der Waals surface area contributed by atoms with E-state index in [-0.39, 0.29) is 10.9 Å². The Kier molecular flexibility index (Phi) is 4.29. The van der Waals surface area contributed by atoms with Crippen molar-refractivity contribution in [1.82, 2.24) is 14.9 Å². The monoisotopic (exact) mass is 360 g/mol. The summed E-state index contributed by atoms with van der Waals surface area (Å²) in [6, 6.07) is 5.79. The molecular formula is C18H18ClFN4O. The normalized spacial score (nSPS) is 17.7. The van der Waals surface area contributed by atoms with E-state index in [0.717, 1.165) is 11.6 Å². The van der Waals surface area contributed by atoms with E-state index in [2.05, 4.69) is 14.9 Å². The third-order valence-electron chi connectivity index (χ3n) is 4.65. The zero-order valence-electron chi connectivity index (χ0n) is 13.7. The predicted molar refractivity (Wildman–Crippen MR) is 93.5 cm³/mol. The molecule has 0 atom stereocenters. The molecule has 0 spiro atoms. The Balaban J connectivity index is 1.42. The van der Waals surface area contributed by atoms with Crippen molar-refractivity contribution in [3.63, 3.8) is 0 Å². The van der Waals surface area contributed by atoms with Crippen LogP contribution in [0.4, 0.5) is 10.2 Å². The van der Waals surface area contributed by atoms with E-state index >= 15 is 0 Å². The summed E-state index contributed by atoms with van der Waals surface area (Å²) in [5, 5.41) is 0.150. The standard InChI is InChI=1S/C18H18ClFN4O/c19-15-11-13(20)3-4-14(15)18(25)24-9-7-23(8-10-24)16-5-6-21-17(22-16)12-1-2-12/h3-6,11-12H,1-2,7-10H2. The summed E-state index contributed by atoms with van der Waals surface area (Å²) >= 11 is 6.01. The maximum Gasteiger partial charge on any atom is 0.255 e. The second kappa shape index (κ2) is 6.59. The van der Waals surface area contributed by atoms with Crippen molar-refractivity contribution in [3.8, 4) is 0 Å². The number of rotatable bonds is 3. The fraction of sp³-hybridized carbons (Fsp3) is 0.389. The molecule has 1 aromatic carbocycles. The number of piperazine rings is 1. The Morgan fingerprint density at radius 1 is 1.16 bits per heavy atom. The van der Waals surface area contributed by atoms with Crippen LogP contribution < -0.4 is 4.90 Å². The number of nitrogens with zero attached hydrogens (tertiary/aromatic N) is 4. The summed E-state index contributed by atoms with van der Waals surface area (Å²) < 4.78 is 13.2. The van der Waals surface area contributed by atoms with E-state index in [1.807, 2.05) is 12.3 Å². The Bertz CT molecular complexity index is 803. The minimum absolute atomic E-state index is 0.150. The van der Waals surface area contributed by atoms with E-state index in [1.54, 1.807) is 4.90 Å². The van der Waals surface area contributed by atoms with Gasteiger partial charge in [-0.1, -0.05) is 11.6 Å². The zero-order valence-corrected chi connectivity index (χ0v) is 14.4. The lowest BCUT2D eigenvalue weighted by Gasteiger charge is -2.35. The van der Waals surface area contributed by atoms with Gasteiger partial charge in [0.2, 0.25) is 0 Å². The molecule has 1 aliphatic heterocycles. The van der Waals surface area contributed by atoms with Gasteiger partial charge in [0, 0.05) is 38.3 Å². The summed E-state index contributed by atoms with van der Waals surface area (Å²) in [6.45, 7) is 2.56. The molecule has 1 aromatic heterocycles. The Hall–Kier alpha value is -2.21. The molecule has 1 aliphatic carbocycles. The number of carbonyl (C=O) groups excluding carboxylic acids is 1. The van der Waals surface area contributed by atoms with Gasteiger partial charge >= 0.3 is 0 Å². The highest BCUT2D eigenvalue weighted by Gasteiger charge is 2.28. The Labute approximate surface area is 150 Å². The molecule has 0 bridgehead atoms. The van der Waals surface area contributed by atoms with E-state index < -0.39 is 5.82 Å². The van der Waals surface area contributed by atoms with Crippen LogP contribution >= 0.6 is 11.6 Å². The number of halogens is 2. The molecule has 7 heteroatoms. The van der Waals surface area contributed by atoms with Gasteiger partial charge in [-0.3, -0.25) is 4.79 Å². The van der Waals surface area contributed by atoms with Crippen molar-refractivity contribution >= 4 is 23.3 Å². The van der Waals surface area contributed by atoms with Crippen molar-refractivity contribution in [1.29, 1.82) is 0 Å². The third kappa shape index (κ3) is 3.44. The van der Waals surface area contributed by atoms with Gasteiger partial charge in [-0.2, -0.15) is 0 Å². The van der Waals surface area contributed by atoms with E-state index in [4.69, 9.17) is 11.6 Å².